The third kappa shape index (κ3) is 3.30. The summed E-state index contributed by atoms with van der Waals surface area (Å²) < 4.78 is 6.52. The van der Waals surface area contributed by atoms with Crippen LogP contribution in [0.15, 0.2) is 34.1 Å². The standard InChI is InChI=1S/C16H16BrNO2S/c1-11-2-3-14(13(17)8-11)20-10-16(19)18-6-4-15-12(9-18)5-7-21-15/h2-3,5,7-8H,4,6,9-10H2,1H3. The van der Waals surface area contributed by atoms with Crippen LogP contribution >= 0.6 is 27.3 Å². The quantitative estimate of drug-likeness (QED) is 0.828. The van der Waals surface area contributed by atoms with E-state index in [2.05, 4.69) is 27.4 Å². The number of amides is 1. The Bertz CT molecular complexity index is 668. The molecule has 0 saturated heterocycles. The number of benzene rings is 1. The molecule has 1 amide bonds. The third-order valence-corrected chi connectivity index (χ3v) is 5.24. The SMILES string of the molecule is Cc1ccc(OCC(=O)N2CCc3sccc3C2)c(Br)c1. The lowest BCUT2D eigenvalue weighted by atomic mass is 10.1. The van der Waals surface area contributed by atoms with Gasteiger partial charge in [0.1, 0.15) is 5.75 Å². The second-order valence-corrected chi connectivity index (χ2v) is 7.01. The lowest BCUT2D eigenvalue weighted by molar-refractivity contribution is -0.134. The summed E-state index contributed by atoms with van der Waals surface area (Å²) in [5.74, 6) is 0.751. The molecule has 110 valence electrons. The number of aryl methyl sites for hydroxylation is 1. The van der Waals surface area contributed by atoms with E-state index in [1.54, 1.807) is 11.3 Å². The molecule has 2 aromatic rings. The van der Waals surface area contributed by atoms with Crippen LogP contribution < -0.4 is 4.74 Å². The van der Waals surface area contributed by atoms with Crippen molar-refractivity contribution in [2.75, 3.05) is 13.2 Å². The maximum absolute atomic E-state index is 12.3. The van der Waals surface area contributed by atoms with Gasteiger partial charge in [0.05, 0.1) is 4.47 Å². The van der Waals surface area contributed by atoms with Crippen LogP contribution in [0.4, 0.5) is 0 Å². The number of thiophene rings is 1. The maximum atomic E-state index is 12.3. The van der Waals surface area contributed by atoms with Crippen LogP contribution in [0.2, 0.25) is 0 Å². The van der Waals surface area contributed by atoms with Crippen LogP contribution in [0.3, 0.4) is 0 Å². The van der Waals surface area contributed by atoms with Crippen LogP contribution in [0, 0.1) is 6.92 Å². The van der Waals surface area contributed by atoms with Gasteiger partial charge in [-0.25, -0.2) is 0 Å². The lowest BCUT2D eigenvalue weighted by Crippen LogP contribution is -2.38. The molecule has 5 heteroatoms. The van der Waals surface area contributed by atoms with E-state index in [0.29, 0.717) is 12.3 Å². The molecule has 3 rings (SSSR count). The van der Waals surface area contributed by atoms with Gasteiger partial charge in [0.2, 0.25) is 0 Å². The Morgan fingerprint density at radius 2 is 2.29 bits per heavy atom. The molecule has 0 fully saturated rings. The lowest BCUT2D eigenvalue weighted by Gasteiger charge is -2.27. The number of hydrogen-bond acceptors (Lipinski definition) is 3. The molecule has 0 bridgehead atoms. The van der Waals surface area contributed by atoms with Crippen LogP contribution in [0.25, 0.3) is 0 Å². The zero-order valence-electron chi connectivity index (χ0n) is 11.8. The number of rotatable bonds is 3. The molecule has 0 saturated carbocycles. The molecule has 0 atom stereocenters. The van der Waals surface area contributed by atoms with Gasteiger partial charge in [-0.1, -0.05) is 6.07 Å². The van der Waals surface area contributed by atoms with E-state index in [9.17, 15) is 4.79 Å². The summed E-state index contributed by atoms with van der Waals surface area (Å²) in [4.78, 5) is 15.5. The number of fused-ring (bicyclic) bond motifs is 1. The summed E-state index contributed by atoms with van der Waals surface area (Å²) in [5, 5.41) is 2.10. The van der Waals surface area contributed by atoms with Gasteiger partial charge < -0.3 is 9.64 Å². The van der Waals surface area contributed by atoms with Crippen LogP contribution in [-0.2, 0) is 17.8 Å². The van der Waals surface area contributed by atoms with E-state index < -0.39 is 0 Å². The maximum Gasteiger partial charge on any atom is 0.260 e. The zero-order valence-corrected chi connectivity index (χ0v) is 14.2. The molecule has 3 nitrogen and oxygen atoms in total. The molecule has 1 aromatic heterocycles. The van der Waals surface area contributed by atoms with E-state index in [0.717, 1.165) is 23.0 Å². The van der Waals surface area contributed by atoms with Gasteiger partial charge in [-0.05, 0) is 64.0 Å². The Balaban J connectivity index is 1.60. The smallest absolute Gasteiger partial charge is 0.260 e. The van der Waals surface area contributed by atoms with E-state index in [-0.39, 0.29) is 12.5 Å². The predicted octanol–water partition coefficient (Wildman–Crippen LogP) is 3.78. The Morgan fingerprint density at radius 1 is 1.43 bits per heavy atom. The number of halogens is 1. The number of nitrogens with zero attached hydrogens (tertiary/aromatic N) is 1. The Morgan fingerprint density at radius 3 is 3.10 bits per heavy atom. The van der Waals surface area contributed by atoms with Gasteiger partial charge in [0.25, 0.3) is 5.91 Å². The molecule has 2 heterocycles. The predicted molar refractivity (Wildman–Crippen MR) is 87.8 cm³/mol. The molecule has 1 aromatic carbocycles. The largest absolute Gasteiger partial charge is 0.483 e. The Hall–Kier alpha value is -1.33. The van der Waals surface area contributed by atoms with E-state index in [1.807, 2.05) is 30.0 Å². The van der Waals surface area contributed by atoms with Gasteiger partial charge in [0.15, 0.2) is 6.61 Å². The van der Waals surface area contributed by atoms with Gasteiger partial charge in [0, 0.05) is 18.0 Å². The number of ether oxygens (including phenoxy) is 1. The van der Waals surface area contributed by atoms with Crippen molar-refractivity contribution in [2.45, 2.75) is 19.9 Å². The molecule has 1 aliphatic rings. The molecule has 0 aliphatic carbocycles. The molecule has 1 aliphatic heterocycles. The normalized spacial score (nSPS) is 13.9. The van der Waals surface area contributed by atoms with Crippen molar-refractivity contribution in [1.82, 2.24) is 4.90 Å². The summed E-state index contributed by atoms with van der Waals surface area (Å²) in [5.41, 5.74) is 2.43. The minimum absolute atomic E-state index is 0.0410. The third-order valence-electron chi connectivity index (χ3n) is 3.60. The molecule has 0 spiro atoms. The minimum atomic E-state index is 0.0410. The fourth-order valence-electron chi connectivity index (χ4n) is 2.42. The van der Waals surface area contributed by atoms with Crippen molar-refractivity contribution in [3.63, 3.8) is 0 Å². The topological polar surface area (TPSA) is 29.5 Å². The first-order chi connectivity index (χ1) is 10.1. The second kappa shape index (κ2) is 6.20. The van der Waals surface area contributed by atoms with Crippen molar-refractivity contribution in [2.24, 2.45) is 0 Å². The molecule has 0 unspecified atom stereocenters. The first-order valence-corrected chi connectivity index (χ1v) is 8.53. The minimum Gasteiger partial charge on any atom is -0.483 e. The average Bonchev–Trinajstić information content (AvgIpc) is 2.93. The van der Waals surface area contributed by atoms with Gasteiger partial charge in [-0.15, -0.1) is 11.3 Å². The number of carbonyl (C=O) groups is 1. The van der Waals surface area contributed by atoms with Crippen LogP contribution in [-0.4, -0.2) is 24.0 Å². The molecule has 0 N–H and O–H groups in total. The Labute approximate surface area is 136 Å². The molecule has 0 radical (unpaired) electrons. The van der Waals surface area contributed by atoms with Crippen molar-refractivity contribution in [3.8, 4) is 5.75 Å². The van der Waals surface area contributed by atoms with E-state index >= 15 is 0 Å². The highest BCUT2D eigenvalue weighted by Crippen LogP contribution is 2.27. The summed E-state index contributed by atoms with van der Waals surface area (Å²) in [6.07, 6.45) is 0.951. The van der Waals surface area contributed by atoms with Crippen molar-refractivity contribution < 1.29 is 9.53 Å². The van der Waals surface area contributed by atoms with Gasteiger partial charge in [-0.2, -0.15) is 0 Å². The molecular weight excluding hydrogens is 350 g/mol. The Kier molecular flexibility index (Phi) is 4.31. The fourth-order valence-corrected chi connectivity index (χ4v) is 3.91. The monoisotopic (exact) mass is 365 g/mol. The number of carbonyl (C=O) groups excluding carboxylic acids is 1. The van der Waals surface area contributed by atoms with Crippen molar-refractivity contribution in [3.05, 3.63) is 50.1 Å². The zero-order chi connectivity index (χ0) is 14.8. The summed E-state index contributed by atoms with van der Waals surface area (Å²) in [6.45, 7) is 3.59. The summed E-state index contributed by atoms with van der Waals surface area (Å²) in [7, 11) is 0. The highest BCUT2D eigenvalue weighted by molar-refractivity contribution is 9.10. The molecule has 21 heavy (non-hydrogen) atoms. The number of hydrogen-bond donors (Lipinski definition) is 0. The van der Waals surface area contributed by atoms with Crippen molar-refractivity contribution in [1.29, 1.82) is 0 Å². The summed E-state index contributed by atoms with van der Waals surface area (Å²) >= 11 is 5.24. The molecular formula is C16H16BrNO2S. The second-order valence-electron chi connectivity index (χ2n) is 5.16. The highest BCUT2D eigenvalue weighted by atomic mass is 79.9. The highest BCUT2D eigenvalue weighted by Gasteiger charge is 2.21. The van der Waals surface area contributed by atoms with Crippen molar-refractivity contribution >= 4 is 33.2 Å². The average molecular weight is 366 g/mol. The van der Waals surface area contributed by atoms with E-state index in [1.165, 1.54) is 10.4 Å². The summed E-state index contributed by atoms with van der Waals surface area (Å²) in [6, 6.07) is 7.96. The van der Waals surface area contributed by atoms with E-state index in [4.69, 9.17) is 4.74 Å². The van der Waals surface area contributed by atoms with Gasteiger partial charge >= 0.3 is 0 Å². The van der Waals surface area contributed by atoms with Gasteiger partial charge in [-0.3, -0.25) is 4.79 Å². The van der Waals surface area contributed by atoms with Crippen LogP contribution in [0.1, 0.15) is 16.0 Å². The fraction of sp³-hybridized carbons (Fsp3) is 0.312. The first-order valence-electron chi connectivity index (χ1n) is 6.85. The van der Waals surface area contributed by atoms with Crippen LogP contribution in [0.5, 0.6) is 5.75 Å². The first kappa shape index (κ1) is 14.6.